The highest BCUT2D eigenvalue weighted by Gasteiger charge is 2.33. The molecule has 0 spiro atoms. The Kier molecular flexibility index (Phi) is 7.30. The summed E-state index contributed by atoms with van der Waals surface area (Å²) < 4.78 is 48.9. The van der Waals surface area contributed by atoms with E-state index < -0.39 is 6.36 Å². The van der Waals surface area contributed by atoms with E-state index in [1.807, 2.05) is 6.07 Å². The topological polar surface area (TPSA) is 18.5 Å². The number of aryl methyl sites for hydroxylation is 1. The van der Waals surface area contributed by atoms with Gasteiger partial charge in [-0.05, 0) is 68.1 Å². The van der Waals surface area contributed by atoms with Crippen molar-refractivity contribution in [1.29, 1.82) is 0 Å². The lowest BCUT2D eigenvalue weighted by Crippen LogP contribution is -2.19. The summed E-state index contributed by atoms with van der Waals surface area (Å²) in [5.74, 6) is 1.34. The average Bonchev–Trinajstić information content (AvgIpc) is 3.10. The third-order valence-corrected chi connectivity index (χ3v) is 6.10. The molecule has 28 heavy (non-hydrogen) atoms. The average molecular weight is 396 g/mol. The van der Waals surface area contributed by atoms with Gasteiger partial charge in [-0.25, -0.2) is 0 Å². The summed E-state index contributed by atoms with van der Waals surface area (Å²) in [5, 5.41) is 0. The molecule has 2 aliphatic carbocycles. The fourth-order valence-electron chi connectivity index (χ4n) is 4.13. The predicted octanol–water partition coefficient (Wildman–Crippen LogP) is 7.14. The second-order valence-corrected chi connectivity index (χ2v) is 8.17. The van der Waals surface area contributed by atoms with Crippen molar-refractivity contribution in [2.24, 2.45) is 11.8 Å². The quantitative estimate of drug-likeness (QED) is 0.413. The first kappa shape index (κ1) is 21.1. The van der Waals surface area contributed by atoms with E-state index in [-0.39, 0.29) is 11.5 Å². The molecule has 0 aliphatic heterocycles. The summed E-state index contributed by atoms with van der Waals surface area (Å²) in [6.45, 7) is 2.12. The minimum Gasteiger partial charge on any atom is -0.490 e. The number of rotatable bonds is 9. The maximum atomic E-state index is 13.0. The van der Waals surface area contributed by atoms with Crippen LogP contribution in [0.15, 0.2) is 24.3 Å². The zero-order valence-electron chi connectivity index (χ0n) is 16.7. The van der Waals surface area contributed by atoms with Gasteiger partial charge in [0.2, 0.25) is 0 Å². The van der Waals surface area contributed by atoms with Gasteiger partial charge in [-0.15, -0.1) is 13.2 Å². The van der Waals surface area contributed by atoms with Crippen molar-refractivity contribution in [3.8, 4) is 11.5 Å². The van der Waals surface area contributed by atoms with Crippen LogP contribution in [0.25, 0.3) is 0 Å². The molecule has 0 atom stereocenters. The van der Waals surface area contributed by atoms with E-state index in [0.717, 1.165) is 18.4 Å². The van der Waals surface area contributed by atoms with Crippen LogP contribution in [0.5, 0.6) is 11.5 Å². The third kappa shape index (κ3) is 6.18. The van der Waals surface area contributed by atoms with Crippen LogP contribution in [0.1, 0.15) is 68.9 Å². The highest BCUT2D eigenvalue weighted by Crippen LogP contribution is 2.38. The molecule has 0 amide bonds. The van der Waals surface area contributed by atoms with Gasteiger partial charge >= 0.3 is 6.36 Å². The minimum atomic E-state index is -4.73. The first-order valence-electron chi connectivity index (χ1n) is 10.6. The van der Waals surface area contributed by atoms with Crippen molar-refractivity contribution < 1.29 is 22.6 Å². The molecule has 5 heteroatoms. The Labute approximate surface area is 166 Å². The Bertz CT molecular complexity index is 657. The molecule has 0 aromatic heterocycles. The molecule has 0 radical (unpaired) electrons. The molecule has 2 nitrogen and oxygen atoms in total. The molecule has 156 valence electrons. The van der Waals surface area contributed by atoms with Crippen LogP contribution in [0, 0.1) is 18.8 Å². The summed E-state index contributed by atoms with van der Waals surface area (Å²) in [6.07, 6.45) is 10.8. The lowest BCUT2D eigenvalue weighted by atomic mass is 9.85. The Morgan fingerprint density at radius 2 is 1.82 bits per heavy atom. The van der Waals surface area contributed by atoms with Gasteiger partial charge < -0.3 is 9.47 Å². The van der Waals surface area contributed by atoms with Crippen LogP contribution in [0.2, 0.25) is 0 Å². The van der Waals surface area contributed by atoms with Crippen LogP contribution < -0.4 is 9.47 Å². The van der Waals surface area contributed by atoms with Crippen LogP contribution in [-0.2, 0) is 6.42 Å². The smallest absolute Gasteiger partial charge is 0.490 e. The Morgan fingerprint density at radius 3 is 2.46 bits per heavy atom. The molecule has 2 saturated carbocycles. The molecule has 2 fully saturated rings. The fourth-order valence-corrected chi connectivity index (χ4v) is 4.13. The van der Waals surface area contributed by atoms with Gasteiger partial charge in [-0.1, -0.05) is 50.3 Å². The minimum absolute atomic E-state index is 0.181. The zero-order valence-corrected chi connectivity index (χ0v) is 16.7. The Balaban J connectivity index is 1.63. The van der Waals surface area contributed by atoms with Gasteiger partial charge in [0.25, 0.3) is 0 Å². The molecule has 0 unspecified atom stereocenters. The van der Waals surface area contributed by atoms with Gasteiger partial charge in [0.05, 0.1) is 6.61 Å². The van der Waals surface area contributed by atoms with Crippen molar-refractivity contribution in [3.63, 3.8) is 0 Å². The second kappa shape index (κ2) is 9.71. The van der Waals surface area contributed by atoms with Crippen LogP contribution in [0.3, 0.4) is 0 Å². The molecule has 1 aromatic carbocycles. The van der Waals surface area contributed by atoms with E-state index in [4.69, 9.17) is 4.74 Å². The largest absolute Gasteiger partial charge is 0.573 e. The fraction of sp³-hybridized carbons (Fsp3) is 0.652. The highest BCUT2D eigenvalue weighted by atomic mass is 19.4. The van der Waals surface area contributed by atoms with Crippen LogP contribution in [0.4, 0.5) is 13.2 Å². The van der Waals surface area contributed by atoms with E-state index in [0.29, 0.717) is 30.4 Å². The van der Waals surface area contributed by atoms with Crippen molar-refractivity contribution >= 4 is 0 Å². The van der Waals surface area contributed by atoms with Crippen LogP contribution in [-0.4, -0.2) is 13.0 Å². The number of alkyl halides is 3. The maximum absolute atomic E-state index is 13.0. The second-order valence-electron chi connectivity index (χ2n) is 8.17. The Morgan fingerprint density at radius 1 is 1.07 bits per heavy atom. The SMILES string of the molecule is Cc1c(CC/C=C/C2CCC2)ccc(OCCC2CCCC2)c1OC(F)(F)F. The van der Waals surface area contributed by atoms with E-state index in [9.17, 15) is 13.2 Å². The summed E-state index contributed by atoms with van der Waals surface area (Å²) >= 11 is 0. The van der Waals surface area contributed by atoms with E-state index >= 15 is 0 Å². The summed E-state index contributed by atoms with van der Waals surface area (Å²) in [7, 11) is 0. The normalized spacial score (nSPS) is 18.6. The maximum Gasteiger partial charge on any atom is 0.573 e. The summed E-state index contributed by atoms with van der Waals surface area (Å²) in [6, 6.07) is 3.51. The molecular weight excluding hydrogens is 365 g/mol. The number of hydrogen-bond donors (Lipinski definition) is 0. The molecule has 0 N–H and O–H groups in total. The Hall–Kier alpha value is -1.65. The van der Waals surface area contributed by atoms with Gasteiger partial charge in [0, 0.05) is 0 Å². The van der Waals surface area contributed by atoms with Crippen molar-refractivity contribution in [1.82, 2.24) is 0 Å². The first-order chi connectivity index (χ1) is 13.4. The molecular formula is C23H31F3O2. The lowest BCUT2D eigenvalue weighted by Gasteiger charge is -2.21. The summed E-state index contributed by atoms with van der Waals surface area (Å²) in [4.78, 5) is 0. The van der Waals surface area contributed by atoms with Gasteiger partial charge in [0.1, 0.15) is 0 Å². The lowest BCUT2D eigenvalue weighted by molar-refractivity contribution is -0.275. The van der Waals surface area contributed by atoms with Crippen LogP contribution >= 0.6 is 0 Å². The molecule has 1 aromatic rings. The van der Waals surface area contributed by atoms with Gasteiger partial charge in [-0.3, -0.25) is 0 Å². The first-order valence-corrected chi connectivity index (χ1v) is 10.6. The zero-order chi connectivity index (χ0) is 20.0. The van der Waals surface area contributed by atoms with Crippen molar-refractivity contribution in [2.75, 3.05) is 6.61 Å². The number of allylic oxidation sites excluding steroid dienone is 2. The number of halogens is 3. The van der Waals surface area contributed by atoms with E-state index in [2.05, 4.69) is 16.9 Å². The molecule has 3 rings (SSSR count). The van der Waals surface area contributed by atoms with Gasteiger partial charge in [-0.2, -0.15) is 0 Å². The van der Waals surface area contributed by atoms with E-state index in [1.54, 1.807) is 13.0 Å². The molecule has 0 saturated heterocycles. The third-order valence-electron chi connectivity index (χ3n) is 6.10. The van der Waals surface area contributed by atoms with Gasteiger partial charge in [0.15, 0.2) is 11.5 Å². The predicted molar refractivity (Wildman–Crippen MR) is 105 cm³/mol. The molecule has 0 bridgehead atoms. The number of hydrogen-bond acceptors (Lipinski definition) is 2. The molecule has 0 heterocycles. The van der Waals surface area contributed by atoms with E-state index in [1.165, 1.54) is 44.9 Å². The molecule has 2 aliphatic rings. The highest BCUT2D eigenvalue weighted by molar-refractivity contribution is 5.50. The monoisotopic (exact) mass is 396 g/mol. The standard InChI is InChI=1S/C23H31F3O2/c1-17-20(12-5-4-7-18-10-6-11-18)13-14-21(22(17)28-23(24,25)26)27-16-15-19-8-2-3-9-19/h4,7,13-14,18-19H,2-3,5-6,8-12,15-16H2,1H3/b7-4+. The number of benzene rings is 1. The van der Waals surface area contributed by atoms with Crippen molar-refractivity contribution in [3.05, 3.63) is 35.4 Å². The van der Waals surface area contributed by atoms with Crippen molar-refractivity contribution in [2.45, 2.75) is 77.5 Å². The number of ether oxygens (including phenoxy) is 2. The summed E-state index contributed by atoms with van der Waals surface area (Å²) in [5.41, 5.74) is 1.40.